The first-order chi connectivity index (χ1) is 12.8. The lowest BCUT2D eigenvalue weighted by molar-refractivity contribution is 0.0949. The van der Waals surface area contributed by atoms with E-state index < -0.39 is 0 Å². The summed E-state index contributed by atoms with van der Waals surface area (Å²) in [5.41, 5.74) is 2.51. The molecule has 2 aromatic carbocycles. The zero-order chi connectivity index (χ0) is 17.9. The van der Waals surface area contributed by atoms with Crippen molar-refractivity contribution >= 4 is 16.9 Å². The summed E-state index contributed by atoms with van der Waals surface area (Å²) in [5, 5.41) is 14.3. The Hall–Kier alpha value is -3.60. The number of benzene rings is 2. The van der Waals surface area contributed by atoms with Crippen LogP contribution in [-0.4, -0.2) is 20.6 Å². The summed E-state index contributed by atoms with van der Waals surface area (Å²) in [6.45, 7) is 0.386. The van der Waals surface area contributed by atoms with E-state index in [-0.39, 0.29) is 17.4 Å². The summed E-state index contributed by atoms with van der Waals surface area (Å²) in [6.07, 6.45) is 1.65. The Balaban J connectivity index is 1.76. The van der Waals surface area contributed by atoms with Crippen LogP contribution >= 0.6 is 0 Å². The van der Waals surface area contributed by atoms with Gasteiger partial charge in [0.05, 0.1) is 5.69 Å². The summed E-state index contributed by atoms with van der Waals surface area (Å²) in [7, 11) is 0. The molecule has 2 N–H and O–H groups in total. The fourth-order valence-corrected chi connectivity index (χ4v) is 3.01. The Bertz CT molecular complexity index is 1060. The van der Waals surface area contributed by atoms with E-state index in [1.54, 1.807) is 22.9 Å². The van der Waals surface area contributed by atoms with Gasteiger partial charge in [-0.3, -0.25) is 9.36 Å². The number of carbonyl (C=O) groups is 1. The Morgan fingerprint density at radius 2 is 1.65 bits per heavy atom. The number of carbonyl (C=O) groups excluding carboxylic acids is 1. The minimum atomic E-state index is -0.334. The molecule has 0 aliphatic carbocycles. The van der Waals surface area contributed by atoms with Crippen molar-refractivity contribution in [1.29, 1.82) is 0 Å². The number of rotatable bonds is 4. The number of nitrogens with one attached hydrogen (secondary N) is 1. The van der Waals surface area contributed by atoms with E-state index in [1.807, 2.05) is 60.7 Å². The molecule has 0 spiro atoms. The van der Waals surface area contributed by atoms with Gasteiger partial charge < -0.3 is 10.4 Å². The van der Waals surface area contributed by atoms with Gasteiger partial charge >= 0.3 is 0 Å². The van der Waals surface area contributed by atoms with E-state index in [2.05, 4.69) is 10.3 Å². The average molecular weight is 343 g/mol. The van der Waals surface area contributed by atoms with E-state index in [0.29, 0.717) is 17.6 Å². The first kappa shape index (κ1) is 15.9. The monoisotopic (exact) mass is 343 g/mol. The molecule has 0 unspecified atom stereocenters. The fraction of sp³-hybridized carbons (Fsp3) is 0.0476. The van der Waals surface area contributed by atoms with Crippen molar-refractivity contribution in [2.75, 3.05) is 0 Å². The summed E-state index contributed by atoms with van der Waals surface area (Å²) >= 11 is 0. The highest BCUT2D eigenvalue weighted by molar-refractivity contribution is 6.09. The molecule has 5 heteroatoms. The van der Waals surface area contributed by atoms with Crippen LogP contribution in [0.25, 0.3) is 16.7 Å². The molecule has 0 aliphatic heterocycles. The standard InChI is InChI=1S/C21H17N3O2/c25-20(23-14-15-8-3-1-4-9-15)18-17-12-7-13-22-19(17)24(21(18)26)16-10-5-2-6-11-16/h1-13,26H,14H2,(H,23,25). The van der Waals surface area contributed by atoms with Gasteiger partial charge in [-0.15, -0.1) is 0 Å². The molecule has 0 aliphatic rings. The van der Waals surface area contributed by atoms with Gasteiger partial charge in [0.1, 0.15) is 11.2 Å². The Kier molecular flexibility index (Phi) is 4.11. The molecule has 2 heterocycles. The van der Waals surface area contributed by atoms with Crippen LogP contribution < -0.4 is 5.32 Å². The number of hydrogen-bond donors (Lipinski definition) is 2. The molecule has 0 radical (unpaired) electrons. The summed E-state index contributed by atoms with van der Waals surface area (Å²) < 4.78 is 1.59. The van der Waals surface area contributed by atoms with Gasteiger partial charge in [-0.05, 0) is 29.8 Å². The van der Waals surface area contributed by atoms with Gasteiger partial charge in [0, 0.05) is 18.1 Å². The third-order valence-electron chi connectivity index (χ3n) is 4.24. The van der Waals surface area contributed by atoms with Crippen LogP contribution in [-0.2, 0) is 6.54 Å². The molecule has 0 atom stereocenters. The molecule has 26 heavy (non-hydrogen) atoms. The number of pyridine rings is 1. The predicted octanol–water partition coefficient (Wildman–Crippen LogP) is 3.66. The molecular formula is C21H17N3O2. The van der Waals surface area contributed by atoms with Gasteiger partial charge in [0.2, 0.25) is 5.88 Å². The molecule has 4 aromatic rings. The van der Waals surface area contributed by atoms with Gasteiger partial charge in [-0.25, -0.2) is 4.98 Å². The lowest BCUT2D eigenvalue weighted by atomic mass is 10.2. The zero-order valence-corrected chi connectivity index (χ0v) is 14.0. The largest absolute Gasteiger partial charge is 0.494 e. The van der Waals surface area contributed by atoms with Crippen molar-refractivity contribution in [2.24, 2.45) is 0 Å². The van der Waals surface area contributed by atoms with E-state index in [0.717, 1.165) is 11.3 Å². The highest BCUT2D eigenvalue weighted by atomic mass is 16.3. The SMILES string of the molecule is O=C(NCc1ccccc1)c1c(O)n(-c2ccccc2)c2ncccc12. The van der Waals surface area contributed by atoms with E-state index in [9.17, 15) is 9.90 Å². The van der Waals surface area contributed by atoms with Crippen LogP contribution in [0.3, 0.4) is 0 Å². The smallest absolute Gasteiger partial charge is 0.257 e. The number of para-hydroxylation sites is 1. The van der Waals surface area contributed by atoms with E-state index in [1.165, 1.54) is 0 Å². The molecule has 5 nitrogen and oxygen atoms in total. The third-order valence-corrected chi connectivity index (χ3v) is 4.24. The molecule has 0 fully saturated rings. The highest BCUT2D eigenvalue weighted by Gasteiger charge is 2.23. The third kappa shape index (κ3) is 2.80. The Morgan fingerprint density at radius 3 is 2.38 bits per heavy atom. The molecule has 1 amide bonds. The van der Waals surface area contributed by atoms with E-state index >= 15 is 0 Å². The fourth-order valence-electron chi connectivity index (χ4n) is 3.01. The number of aromatic hydroxyl groups is 1. The maximum Gasteiger partial charge on any atom is 0.257 e. The van der Waals surface area contributed by atoms with Gasteiger partial charge in [0.15, 0.2) is 0 Å². The van der Waals surface area contributed by atoms with Crippen molar-refractivity contribution in [1.82, 2.24) is 14.9 Å². The second-order valence-electron chi connectivity index (χ2n) is 5.91. The minimum Gasteiger partial charge on any atom is -0.494 e. The maximum absolute atomic E-state index is 12.8. The van der Waals surface area contributed by atoms with Crippen molar-refractivity contribution in [3.63, 3.8) is 0 Å². The van der Waals surface area contributed by atoms with Gasteiger partial charge in [0.25, 0.3) is 5.91 Å². The van der Waals surface area contributed by atoms with Crippen LogP contribution in [0.1, 0.15) is 15.9 Å². The van der Waals surface area contributed by atoms with Crippen molar-refractivity contribution < 1.29 is 9.90 Å². The van der Waals surface area contributed by atoms with Crippen LogP contribution in [0.15, 0.2) is 79.0 Å². The van der Waals surface area contributed by atoms with Crippen LogP contribution in [0.5, 0.6) is 5.88 Å². The molecule has 0 saturated carbocycles. The molecular weight excluding hydrogens is 326 g/mol. The average Bonchev–Trinajstić information content (AvgIpc) is 2.99. The number of nitrogens with zero attached hydrogens (tertiary/aromatic N) is 2. The lowest BCUT2D eigenvalue weighted by Gasteiger charge is -2.07. The normalized spacial score (nSPS) is 10.8. The lowest BCUT2D eigenvalue weighted by Crippen LogP contribution is -2.22. The topological polar surface area (TPSA) is 67.2 Å². The van der Waals surface area contributed by atoms with Crippen molar-refractivity contribution in [2.45, 2.75) is 6.54 Å². The van der Waals surface area contributed by atoms with Crippen molar-refractivity contribution in [3.05, 3.63) is 90.1 Å². The molecule has 128 valence electrons. The maximum atomic E-state index is 12.8. The Labute approximate surface area is 150 Å². The van der Waals surface area contributed by atoms with Crippen LogP contribution in [0.2, 0.25) is 0 Å². The zero-order valence-electron chi connectivity index (χ0n) is 14.0. The second kappa shape index (κ2) is 6.72. The summed E-state index contributed by atoms with van der Waals surface area (Å²) in [4.78, 5) is 17.1. The first-order valence-electron chi connectivity index (χ1n) is 8.31. The minimum absolute atomic E-state index is 0.115. The summed E-state index contributed by atoms with van der Waals surface area (Å²) in [6, 6.07) is 22.6. The second-order valence-corrected chi connectivity index (χ2v) is 5.91. The quantitative estimate of drug-likeness (QED) is 0.594. The molecule has 0 saturated heterocycles. The Morgan fingerprint density at radius 1 is 0.962 bits per heavy atom. The van der Waals surface area contributed by atoms with Crippen LogP contribution in [0.4, 0.5) is 0 Å². The first-order valence-corrected chi connectivity index (χ1v) is 8.31. The number of amides is 1. The van der Waals surface area contributed by atoms with Crippen LogP contribution in [0, 0.1) is 0 Å². The highest BCUT2D eigenvalue weighted by Crippen LogP contribution is 2.33. The van der Waals surface area contributed by atoms with Gasteiger partial charge in [-0.2, -0.15) is 0 Å². The summed E-state index contributed by atoms with van der Waals surface area (Å²) in [5.74, 6) is -0.450. The molecule has 0 bridgehead atoms. The van der Waals surface area contributed by atoms with E-state index in [4.69, 9.17) is 0 Å². The molecule has 4 rings (SSSR count). The predicted molar refractivity (Wildman–Crippen MR) is 100 cm³/mol. The van der Waals surface area contributed by atoms with Gasteiger partial charge in [-0.1, -0.05) is 48.5 Å². The number of fused-ring (bicyclic) bond motifs is 1. The molecule has 2 aromatic heterocycles. The number of aromatic nitrogens is 2. The van der Waals surface area contributed by atoms with Crippen molar-refractivity contribution in [3.8, 4) is 11.6 Å². The number of hydrogen-bond acceptors (Lipinski definition) is 3.